The second-order valence-electron chi connectivity index (χ2n) is 4.65. The van der Waals surface area contributed by atoms with Crippen LogP contribution < -0.4 is 5.32 Å². The molecule has 1 N–H and O–H groups in total. The van der Waals surface area contributed by atoms with E-state index < -0.39 is 0 Å². The van der Waals surface area contributed by atoms with Crippen molar-refractivity contribution >= 4 is 36.4 Å². The molecule has 1 aromatic rings. The highest BCUT2D eigenvalue weighted by Gasteiger charge is 2.21. The Morgan fingerprint density at radius 1 is 1.32 bits per heavy atom. The largest absolute Gasteiger partial charge is 0.311 e. The van der Waals surface area contributed by atoms with E-state index in [1.165, 1.54) is 31.5 Å². The number of halogens is 3. The molecule has 1 heterocycles. The lowest BCUT2D eigenvalue weighted by Gasteiger charge is -2.23. The number of benzene rings is 1. The summed E-state index contributed by atoms with van der Waals surface area (Å²) in [6.07, 6.45) is 2.66. The van der Waals surface area contributed by atoms with Gasteiger partial charge in [0.1, 0.15) is 0 Å². The summed E-state index contributed by atoms with van der Waals surface area (Å²) in [7, 11) is 0. The molecule has 19 heavy (non-hydrogen) atoms. The van der Waals surface area contributed by atoms with Crippen molar-refractivity contribution in [2.24, 2.45) is 0 Å². The smallest absolute Gasteiger partial charge is 0.0450 e. The molecule has 0 aliphatic carbocycles. The van der Waals surface area contributed by atoms with Crippen molar-refractivity contribution in [3.8, 4) is 0 Å². The third kappa shape index (κ3) is 5.49. The van der Waals surface area contributed by atoms with Crippen LogP contribution in [0.3, 0.4) is 0 Å². The molecule has 2 rings (SSSR count). The molecule has 0 radical (unpaired) electrons. The Kier molecular flexibility index (Phi) is 9.85. The number of likely N-dealkylation sites (tertiary alicyclic amines) is 1. The van der Waals surface area contributed by atoms with Gasteiger partial charge in [-0.1, -0.05) is 36.7 Å². The fraction of sp³-hybridized carbons (Fsp3) is 0.571. The number of nitrogens with zero attached hydrogens (tertiary/aromatic N) is 1. The fourth-order valence-electron chi connectivity index (χ4n) is 2.56. The number of hydrogen-bond acceptors (Lipinski definition) is 2. The molecule has 0 amide bonds. The standard InChI is InChI=1S/C14H21ClN2.2ClH/c1-2-17-9-5-7-13(17)11-16-10-12-6-3-4-8-14(12)15;;/h3-4,6,8,13,16H,2,5,7,9-11H2,1H3;2*1H. The first-order valence-corrected chi connectivity index (χ1v) is 6.87. The number of nitrogens with one attached hydrogen (secondary N) is 1. The summed E-state index contributed by atoms with van der Waals surface area (Å²) in [6, 6.07) is 8.76. The van der Waals surface area contributed by atoms with Gasteiger partial charge < -0.3 is 5.32 Å². The predicted octanol–water partition coefficient (Wildman–Crippen LogP) is 3.76. The van der Waals surface area contributed by atoms with Crippen LogP contribution in [0, 0.1) is 0 Å². The molecule has 1 aliphatic heterocycles. The van der Waals surface area contributed by atoms with Gasteiger partial charge in [-0.15, -0.1) is 24.8 Å². The van der Waals surface area contributed by atoms with Crippen LogP contribution in [0.4, 0.5) is 0 Å². The first-order valence-electron chi connectivity index (χ1n) is 6.49. The predicted molar refractivity (Wildman–Crippen MR) is 87.9 cm³/mol. The molecule has 0 bridgehead atoms. The third-order valence-electron chi connectivity index (χ3n) is 3.56. The fourth-order valence-corrected chi connectivity index (χ4v) is 2.76. The van der Waals surface area contributed by atoms with Crippen LogP contribution in [0.2, 0.25) is 5.02 Å². The van der Waals surface area contributed by atoms with Crippen molar-refractivity contribution in [3.05, 3.63) is 34.9 Å². The Morgan fingerprint density at radius 2 is 2.05 bits per heavy atom. The second-order valence-corrected chi connectivity index (χ2v) is 5.05. The molecule has 0 saturated carbocycles. The summed E-state index contributed by atoms with van der Waals surface area (Å²) in [5.74, 6) is 0. The van der Waals surface area contributed by atoms with Crippen molar-refractivity contribution < 1.29 is 0 Å². The minimum absolute atomic E-state index is 0. The lowest BCUT2D eigenvalue weighted by atomic mass is 10.2. The van der Waals surface area contributed by atoms with E-state index in [0.29, 0.717) is 6.04 Å². The lowest BCUT2D eigenvalue weighted by Crippen LogP contribution is -2.37. The Balaban J connectivity index is 0.00000162. The molecule has 1 saturated heterocycles. The Labute approximate surface area is 133 Å². The maximum atomic E-state index is 6.13. The molecular formula is C14H23Cl3N2. The van der Waals surface area contributed by atoms with Crippen LogP contribution in [-0.4, -0.2) is 30.6 Å². The van der Waals surface area contributed by atoms with Crippen LogP contribution in [0.5, 0.6) is 0 Å². The maximum absolute atomic E-state index is 6.13. The summed E-state index contributed by atoms with van der Waals surface area (Å²) >= 11 is 6.13. The minimum Gasteiger partial charge on any atom is -0.311 e. The van der Waals surface area contributed by atoms with E-state index in [-0.39, 0.29) is 24.8 Å². The SMILES string of the molecule is CCN1CCCC1CNCc1ccccc1Cl.Cl.Cl. The summed E-state index contributed by atoms with van der Waals surface area (Å²) in [4.78, 5) is 2.56. The Morgan fingerprint density at radius 3 is 2.74 bits per heavy atom. The van der Waals surface area contributed by atoms with Gasteiger partial charge in [0.2, 0.25) is 0 Å². The average Bonchev–Trinajstić information content (AvgIpc) is 2.79. The summed E-state index contributed by atoms with van der Waals surface area (Å²) < 4.78 is 0. The van der Waals surface area contributed by atoms with Crippen molar-refractivity contribution in [2.75, 3.05) is 19.6 Å². The molecule has 2 nitrogen and oxygen atoms in total. The zero-order valence-electron chi connectivity index (χ0n) is 11.3. The zero-order chi connectivity index (χ0) is 12.1. The molecule has 1 atom stereocenters. The van der Waals surface area contributed by atoms with E-state index in [1.54, 1.807) is 0 Å². The number of hydrogen-bond donors (Lipinski definition) is 1. The molecule has 110 valence electrons. The topological polar surface area (TPSA) is 15.3 Å². The van der Waals surface area contributed by atoms with Crippen LogP contribution in [0.25, 0.3) is 0 Å². The second kappa shape index (κ2) is 9.84. The van der Waals surface area contributed by atoms with Gasteiger partial charge in [0.25, 0.3) is 0 Å². The van der Waals surface area contributed by atoms with E-state index in [4.69, 9.17) is 11.6 Å². The summed E-state index contributed by atoms with van der Waals surface area (Å²) in [5, 5.41) is 4.38. The van der Waals surface area contributed by atoms with E-state index in [0.717, 1.165) is 18.1 Å². The molecule has 1 unspecified atom stereocenters. The van der Waals surface area contributed by atoms with Crippen LogP contribution in [0.1, 0.15) is 25.3 Å². The third-order valence-corrected chi connectivity index (χ3v) is 3.93. The first kappa shape index (κ1) is 19.0. The van der Waals surface area contributed by atoms with Gasteiger partial charge in [-0.05, 0) is 37.6 Å². The van der Waals surface area contributed by atoms with Gasteiger partial charge in [0.05, 0.1) is 0 Å². The average molecular weight is 326 g/mol. The van der Waals surface area contributed by atoms with Gasteiger partial charge in [-0.2, -0.15) is 0 Å². The molecule has 0 aromatic heterocycles. The van der Waals surface area contributed by atoms with E-state index in [9.17, 15) is 0 Å². The highest BCUT2D eigenvalue weighted by Crippen LogP contribution is 2.17. The molecule has 1 aromatic carbocycles. The van der Waals surface area contributed by atoms with E-state index in [2.05, 4.69) is 23.2 Å². The quantitative estimate of drug-likeness (QED) is 0.887. The molecule has 1 fully saturated rings. The van der Waals surface area contributed by atoms with E-state index >= 15 is 0 Å². The highest BCUT2D eigenvalue weighted by atomic mass is 35.5. The van der Waals surface area contributed by atoms with Gasteiger partial charge in [-0.25, -0.2) is 0 Å². The van der Waals surface area contributed by atoms with Crippen molar-refractivity contribution in [3.63, 3.8) is 0 Å². The van der Waals surface area contributed by atoms with Gasteiger partial charge in [0, 0.05) is 24.2 Å². The van der Waals surface area contributed by atoms with Crippen LogP contribution >= 0.6 is 36.4 Å². The highest BCUT2D eigenvalue weighted by molar-refractivity contribution is 6.31. The zero-order valence-corrected chi connectivity index (χ0v) is 13.7. The Bertz CT molecular complexity index is 360. The summed E-state index contributed by atoms with van der Waals surface area (Å²) in [6.45, 7) is 6.60. The van der Waals surface area contributed by atoms with Crippen molar-refractivity contribution in [2.45, 2.75) is 32.4 Å². The normalized spacial score (nSPS) is 18.7. The molecule has 1 aliphatic rings. The molecule has 0 spiro atoms. The minimum atomic E-state index is 0. The van der Waals surface area contributed by atoms with Crippen molar-refractivity contribution in [1.29, 1.82) is 0 Å². The number of rotatable bonds is 5. The van der Waals surface area contributed by atoms with Gasteiger partial charge in [-0.3, -0.25) is 4.90 Å². The molecule has 5 heteroatoms. The monoisotopic (exact) mass is 324 g/mol. The van der Waals surface area contributed by atoms with Gasteiger partial charge >= 0.3 is 0 Å². The first-order chi connectivity index (χ1) is 8.31. The van der Waals surface area contributed by atoms with Crippen LogP contribution in [0.15, 0.2) is 24.3 Å². The summed E-state index contributed by atoms with van der Waals surface area (Å²) in [5.41, 5.74) is 1.19. The number of likely N-dealkylation sites (N-methyl/N-ethyl adjacent to an activating group) is 1. The lowest BCUT2D eigenvalue weighted by molar-refractivity contribution is 0.260. The van der Waals surface area contributed by atoms with E-state index in [1.807, 2.05) is 18.2 Å². The van der Waals surface area contributed by atoms with Crippen molar-refractivity contribution in [1.82, 2.24) is 10.2 Å². The van der Waals surface area contributed by atoms with Crippen LogP contribution in [-0.2, 0) is 6.54 Å². The Hall–Kier alpha value is 0.01000. The van der Waals surface area contributed by atoms with Gasteiger partial charge in [0.15, 0.2) is 0 Å². The maximum Gasteiger partial charge on any atom is 0.0450 e. The molecular weight excluding hydrogens is 303 g/mol.